The van der Waals surface area contributed by atoms with Gasteiger partial charge in [-0.05, 0) is 48.7 Å². The predicted molar refractivity (Wildman–Crippen MR) is 77.6 cm³/mol. The summed E-state index contributed by atoms with van der Waals surface area (Å²) in [7, 11) is 0. The maximum Gasteiger partial charge on any atom is 0.124 e. The normalized spacial score (nSPS) is 10.2. The smallest absolute Gasteiger partial charge is 0.124 e. The molecule has 0 spiro atoms. The third-order valence-electron chi connectivity index (χ3n) is 3.08. The molecule has 0 saturated heterocycles. The van der Waals surface area contributed by atoms with Crippen LogP contribution in [0.2, 0.25) is 0 Å². The minimum absolute atomic E-state index is 0.356. The molecule has 2 rings (SSSR count). The Morgan fingerprint density at radius 3 is 2.60 bits per heavy atom. The lowest BCUT2D eigenvalue weighted by molar-refractivity contribution is 0.615. The zero-order valence-corrected chi connectivity index (χ0v) is 11.3. The van der Waals surface area contributed by atoms with Crippen LogP contribution in [0.25, 0.3) is 0 Å². The van der Waals surface area contributed by atoms with Crippen LogP contribution in [0, 0.1) is 17.1 Å². The first-order valence-electron chi connectivity index (χ1n) is 6.72. The van der Waals surface area contributed by atoms with Crippen molar-refractivity contribution in [3.63, 3.8) is 0 Å². The highest BCUT2D eigenvalue weighted by Crippen LogP contribution is 2.08. The lowest BCUT2D eigenvalue weighted by Gasteiger charge is -2.06. The Morgan fingerprint density at radius 1 is 1.05 bits per heavy atom. The fourth-order valence-corrected chi connectivity index (χ4v) is 2.11. The van der Waals surface area contributed by atoms with Crippen LogP contribution in [0.4, 0.5) is 4.39 Å². The summed E-state index contributed by atoms with van der Waals surface area (Å²) in [6, 6.07) is 16.7. The number of aryl methyl sites for hydroxylation is 1. The molecule has 0 aliphatic carbocycles. The summed E-state index contributed by atoms with van der Waals surface area (Å²) < 4.78 is 13.2. The van der Waals surface area contributed by atoms with Gasteiger partial charge in [0.15, 0.2) is 0 Å². The molecule has 0 aliphatic rings. The number of halogens is 1. The summed E-state index contributed by atoms with van der Waals surface area (Å²) in [5.41, 5.74) is 2.50. The van der Waals surface area contributed by atoms with E-state index in [0.29, 0.717) is 12.1 Å². The number of benzene rings is 2. The number of nitrogens with one attached hydrogen (secondary N) is 1. The first-order chi connectivity index (χ1) is 9.78. The highest BCUT2D eigenvalue weighted by Gasteiger charge is 2.00. The Kier molecular flexibility index (Phi) is 5.28. The average molecular weight is 268 g/mol. The first-order valence-corrected chi connectivity index (χ1v) is 6.72. The Balaban J connectivity index is 1.74. The van der Waals surface area contributed by atoms with Crippen molar-refractivity contribution in [2.45, 2.75) is 19.4 Å². The van der Waals surface area contributed by atoms with Crippen molar-refractivity contribution in [2.24, 2.45) is 0 Å². The zero-order chi connectivity index (χ0) is 14.2. The van der Waals surface area contributed by atoms with E-state index >= 15 is 0 Å². The highest BCUT2D eigenvalue weighted by molar-refractivity contribution is 5.33. The third-order valence-corrected chi connectivity index (χ3v) is 3.08. The van der Waals surface area contributed by atoms with E-state index in [2.05, 4.69) is 17.4 Å². The van der Waals surface area contributed by atoms with Crippen molar-refractivity contribution in [1.82, 2.24) is 5.32 Å². The van der Waals surface area contributed by atoms with Crippen molar-refractivity contribution in [2.75, 3.05) is 6.54 Å². The summed E-state index contributed by atoms with van der Waals surface area (Å²) in [6.07, 6.45) is 2.06. The molecule has 2 aromatic rings. The van der Waals surface area contributed by atoms with Crippen LogP contribution in [0.1, 0.15) is 23.1 Å². The molecule has 102 valence electrons. The Labute approximate surface area is 118 Å². The van der Waals surface area contributed by atoms with Crippen molar-refractivity contribution in [3.8, 4) is 6.07 Å². The minimum atomic E-state index is -0.356. The lowest BCUT2D eigenvalue weighted by atomic mass is 10.1. The van der Waals surface area contributed by atoms with Gasteiger partial charge in [-0.1, -0.05) is 30.3 Å². The molecule has 20 heavy (non-hydrogen) atoms. The van der Waals surface area contributed by atoms with Gasteiger partial charge < -0.3 is 5.32 Å². The maximum absolute atomic E-state index is 13.2. The summed E-state index contributed by atoms with van der Waals surface area (Å²) in [5, 5.41) is 12.1. The van der Waals surface area contributed by atoms with Crippen LogP contribution in [-0.4, -0.2) is 6.54 Å². The molecule has 0 heterocycles. The van der Waals surface area contributed by atoms with Gasteiger partial charge in [-0.2, -0.15) is 5.26 Å². The highest BCUT2D eigenvalue weighted by atomic mass is 19.1. The number of nitriles is 1. The average Bonchev–Trinajstić information content (AvgIpc) is 2.47. The van der Waals surface area contributed by atoms with Crippen LogP contribution >= 0.6 is 0 Å². The topological polar surface area (TPSA) is 35.8 Å². The van der Waals surface area contributed by atoms with Gasteiger partial charge >= 0.3 is 0 Å². The molecule has 0 atom stereocenters. The monoisotopic (exact) mass is 268 g/mol. The van der Waals surface area contributed by atoms with Gasteiger partial charge in [-0.25, -0.2) is 4.39 Å². The van der Waals surface area contributed by atoms with Crippen LogP contribution in [0.15, 0.2) is 48.5 Å². The second kappa shape index (κ2) is 7.42. The van der Waals surface area contributed by atoms with E-state index in [1.54, 1.807) is 6.07 Å². The molecule has 0 saturated carbocycles. The maximum atomic E-state index is 13.2. The molecule has 2 aromatic carbocycles. The van der Waals surface area contributed by atoms with E-state index < -0.39 is 0 Å². The summed E-state index contributed by atoms with van der Waals surface area (Å²) in [4.78, 5) is 0. The van der Waals surface area contributed by atoms with Crippen LogP contribution in [0.5, 0.6) is 0 Å². The van der Waals surface area contributed by atoms with Crippen LogP contribution in [0.3, 0.4) is 0 Å². The van der Waals surface area contributed by atoms with E-state index in [1.165, 1.54) is 17.7 Å². The molecular formula is C17H17FN2. The molecule has 0 unspecified atom stereocenters. The Morgan fingerprint density at radius 2 is 1.85 bits per heavy atom. The van der Waals surface area contributed by atoms with E-state index in [9.17, 15) is 4.39 Å². The van der Waals surface area contributed by atoms with Gasteiger partial charge in [0.1, 0.15) is 5.82 Å². The second-order valence-electron chi connectivity index (χ2n) is 4.73. The third kappa shape index (κ3) is 4.49. The van der Waals surface area contributed by atoms with Crippen LogP contribution in [-0.2, 0) is 13.0 Å². The quantitative estimate of drug-likeness (QED) is 0.815. The molecule has 0 aliphatic heterocycles. The Hall–Kier alpha value is -2.18. The van der Waals surface area contributed by atoms with Crippen LogP contribution < -0.4 is 5.32 Å². The zero-order valence-electron chi connectivity index (χ0n) is 11.3. The van der Waals surface area contributed by atoms with E-state index in [1.807, 2.05) is 24.3 Å². The molecule has 0 radical (unpaired) electrons. The van der Waals surface area contributed by atoms with Crippen molar-refractivity contribution >= 4 is 0 Å². The largest absolute Gasteiger partial charge is 0.313 e. The molecule has 3 heteroatoms. The molecule has 0 fully saturated rings. The fourth-order valence-electron chi connectivity index (χ4n) is 2.11. The van der Waals surface area contributed by atoms with E-state index in [0.717, 1.165) is 24.9 Å². The van der Waals surface area contributed by atoms with Crippen molar-refractivity contribution < 1.29 is 4.39 Å². The molecule has 0 amide bonds. The number of hydrogen-bond donors (Lipinski definition) is 1. The lowest BCUT2D eigenvalue weighted by Crippen LogP contribution is -2.15. The van der Waals surface area contributed by atoms with Gasteiger partial charge in [-0.15, -0.1) is 0 Å². The second-order valence-corrected chi connectivity index (χ2v) is 4.73. The molecule has 0 aromatic heterocycles. The molecule has 2 nitrogen and oxygen atoms in total. The van der Waals surface area contributed by atoms with Crippen molar-refractivity contribution in [3.05, 3.63) is 71.0 Å². The summed E-state index contributed by atoms with van der Waals surface area (Å²) in [5.74, 6) is -0.356. The van der Waals surface area contributed by atoms with E-state index in [4.69, 9.17) is 5.26 Å². The summed E-state index contributed by atoms with van der Waals surface area (Å²) in [6.45, 7) is 1.45. The van der Waals surface area contributed by atoms with E-state index in [-0.39, 0.29) is 5.82 Å². The SMILES string of the molecule is N#Cc1cc(F)cc(CNCCCc2ccccc2)c1. The summed E-state index contributed by atoms with van der Waals surface area (Å²) >= 11 is 0. The number of hydrogen-bond acceptors (Lipinski definition) is 2. The predicted octanol–water partition coefficient (Wildman–Crippen LogP) is 3.42. The number of rotatable bonds is 6. The first kappa shape index (κ1) is 14.2. The fraction of sp³-hybridized carbons (Fsp3) is 0.235. The molecule has 1 N–H and O–H groups in total. The van der Waals surface area contributed by atoms with Gasteiger partial charge in [0, 0.05) is 6.54 Å². The standard InChI is InChI=1S/C17H17FN2/c18-17-10-15(12-19)9-16(11-17)13-20-8-4-7-14-5-2-1-3-6-14/h1-3,5-6,9-11,20H,4,7-8,13H2. The number of nitrogens with zero attached hydrogens (tertiary/aromatic N) is 1. The minimum Gasteiger partial charge on any atom is -0.313 e. The van der Waals surface area contributed by atoms with Gasteiger partial charge in [0.05, 0.1) is 11.6 Å². The Bertz CT molecular complexity index is 588. The van der Waals surface area contributed by atoms with Gasteiger partial charge in [0.25, 0.3) is 0 Å². The molecule has 0 bridgehead atoms. The van der Waals surface area contributed by atoms with Gasteiger partial charge in [-0.3, -0.25) is 0 Å². The van der Waals surface area contributed by atoms with Crippen molar-refractivity contribution in [1.29, 1.82) is 5.26 Å². The molecular weight excluding hydrogens is 251 g/mol. The van der Waals surface area contributed by atoms with Gasteiger partial charge in [0.2, 0.25) is 0 Å².